The number of carbonyl (C=O) groups excluding carboxylic acids is 2. The van der Waals surface area contributed by atoms with Crippen LogP contribution in [-0.4, -0.2) is 30.9 Å². The summed E-state index contributed by atoms with van der Waals surface area (Å²) in [5.41, 5.74) is 7.36. The molecule has 0 bridgehead atoms. The summed E-state index contributed by atoms with van der Waals surface area (Å²) in [5, 5.41) is 5.34. The highest BCUT2D eigenvalue weighted by Crippen LogP contribution is 2.11. The zero-order valence-corrected chi connectivity index (χ0v) is 12.6. The minimum atomic E-state index is -0.603. The van der Waals surface area contributed by atoms with Crippen LogP contribution >= 0.6 is 0 Å². The van der Waals surface area contributed by atoms with Gasteiger partial charge in [-0.05, 0) is 32.9 Å². The molecule has 2 amide bonds. The van der Waals surface area contributed by atoms with Gasteiger partial charge in [-0.2, -0.15) is 0 Å². The van der Waals surface area contributed by atoms with Crippen molar-refractivity contribution >= 4 is 11.8 Å². The Hall–Kier alpha value is -2.32. The first kappa shape index (κ1) is 16.7. The van der Waals surface area contributed by atoms with Gasteiger partial charge in [0.25, 0.3) is 5.91 Å². The van der Waals surface area contributed by atoms with Crippen molar-refractivity contribution in [2.75, 3.05) is 13.1 Å². The quantitative estimate of drug-likeness (QED) is 0.707. The first-order chi connectivity index (χ1) is 9.99. The minimum Gasteiger partial charge on any atom is -0.355 e. The molecule has 5 heteroatoms. The predicted octanol–water partition coefficient (Wildman–Crippen LogP) is 0.560. The fraction of sp³-hybridized carbons (Fsp3) is 0.375. The molecule has 0 aliphatic carbocycles. The number of nitrogens with one attached hydrogen (secondary N) is 2. The lowest BCUT2D eigenvalue weighted by atomic mass is 10.0. The predicted molar refractivity (Wildman–Crippen MR) is 82.7 cm³/mol. The second kappa shape index (κ2) is 8.08. The summed E-state index contributed by atoms with van der Waals surface area (Å²) in [6, 6.07) is 4.81. The lowest BCUT2D eigenvalue weighted by molar-refractivity contribution is -0.122. The molecule has 1 unspecified atom stereocenters. The number of benzene rings is 1. The van der Waals surface area contributed by atoms with E-state index in [0.29, 0.717) is 17.7 Å². The number of rotatable bonds is 4. The van der Waals surface area contributed by atoms with Crippen LogP contribution in [-0.2, 0) is 4.79 Å². The van der Waals surface area contributed by atoms with Gasteiger partial charge in [0.1, 0.15) is 6.04 Å². The first-order valence-corrected chi connectivity index (χ1v) is 6.87. The average molecular weight is 287 g/mol. The number of hydrogen-bond donors (Lipinski definition) is 3. The molecule has 1 aromatic carbocycles. The molecule has 0 aliphatic heterocycles. The molecule has 1 aromatic rings. The van der Waals surface area contributed by atoms with Crippen molar-refractivity contribution < 1.29 is 9.59 Å². The molecular formula is C16H21N3O2. The van der Waals surface area contributed by atoms with Crippen LogP contribution in [0.3, 0.4) is 0 Å². The van der Waals surface area contributed by atoms with Crippen LogP contribution in [0.5, 0.6) is 0 Å². The van der Waals surface area contributed by atoms with Gasteiger partial charge in [-0.15, -0.1) is 0 Å². The van der Waals surface area contributed by atoms with Crippen molar-refractivity contribution in [2.45, 2.75) is 26.8 Å². The number of likely N-dealkylation sites (N-methyl/N-ethyl adjacent to an activating group) is 1. The Kier molecular flexibility index (Phi) is 6.44. The van der Waals surface area contributed by atoms with Gasteiger partial charge in [-0.1, -0.05) is 23.5 Å². The molecule has 0 aromatic heterocycles. The molecule has 21 heavy (non-hydrogen) atoms. The standard InChI is InChI=1S/C16H21N3O2/c1-4-18-15(20)12(3)19-16(21)14-10-11(2)7-8-13(14)6-5-9-17/h7-8,10,12H,4,9,17H2,1-3H3,(H,18,20)(H,19,21). The number of aryl methyl sites for hydroxylation is 1. The highest BCUT2D eigenvalue weighted by molar-refractivity contribution is 5.99. The van der Waals surface area contributed by atoms with E-state index in [0.717, 1.165) is 5.56 Å². The maximum absolute atomic E-state index is 12.3. The van der Waals surface area contributed by atoms with Crippen molar-refractivity contribution in [3.8, 4) is 11.8 Å². The van der Waals surface area contributed by atoms with Gasteiger partial charge in [0.15, 0.2) is 0 Å². The molecule has 5 nitrogen and oxygen atoms in total. The highest BCUT2D eigenvalue weighted by Gasteiger charge is 2.17. The summed E-state index contributed by atoms with van der Waals surface area (Å²) >= 11 is 0. The van der Waals surface area contributed by atoms with Gasteiger partial charge in [-0.3, -0.25) is 9.59 Å². The molecule has 0 saturated heterocycles. The fourth-order valence-corrected chi connectivity index (χ4v) is 1.77. The van der Waals surface area contributed by atoms with E-state index in [-0.39, 0.29) is 18.4 Å². The van der Waals surface area contributed by atoms with Gasteiger partial charge >= 0.3 is 0 Å². The summed E-state index contributed by atoms with van der Waals surface area (Å²) in [6.45, 7) is 6.11. The number of carbonyl (C=O) groups is 2. The van der Waals surface area contributed by atoms with E-state index in [4.69, 9.17) is 5.73 Å². The zero-order valence-electron chi connectivity index (χ0n) is 12.6. The zero-order chi connectivity index (χ0) is 15.8. The van der Waals surface area contributed by atoms with Crippen molar-refractivity contribution in [1.29, 1.82) is 0 Å². The summed E-state index contributed by atoms with van der Waals surface area (Å²) in [7, 11) is 0. The maximum Gasteiger partial charge on any atom is 0.253 e. The van der Waals surface area contributed by atoms with Gasteiger partial charge < -0.3 is 16.4 Å². The molecule has 1 atom stereocenters. The Morgan fingerprint density at radius 2 is 2.10 bits per heavy atom. The molecule has 112 valence electrons. The number of hydrogen-bond acceptors (Lipinski definition) is 3. The second-order valence-corrected chi connectivity index (χ2v) is 4.64. The van der Waals surface area contributed by atoms with Crippen molar-refractivity contribution in [1.82, 2.24) is 10.6 Å². The molecule has 0 heterocycles. The van der Waals surface area contributed by atoms with Gasteiger partial charge in [0, 0.05) is 12.1 Å². The van der Waals surface area contributed by atoms with E-state index in [1.54, 1.807) is 19.1 Å². The van der Waals surface area contributed by atoms with E-state index in [9.17, 15) is 9.59 Å². The average Bonchev–Trinajstić information content (AvgIpc) is 2.46. The summed E-state index contributed by atoms with van der Waals surface area (Å²) < 4.78 is 0. The number of amides is 2. The summed E-state index contributed by atoms with van der Waals surface area (Å²) in [5.74, 6) is 5.07. The van der Waals surface area contributed by atoms with E-state index < -0.39 is 6.04 Å². The number of nitrogens with two attached hydrogens (primary N) is 1. The maximum atomic E-state index is 12.3. The van der Waals surface area contributed by atoms with Crippen LogP contribution in [0.25, 0.3) is 0 Å². The first-order valence-electron chi connectivity index (χ1n) is 6.87. The molecule has 0 aliphatic rings. The lowest BCUT2D eigenvalue weighted by Crippen LogP contribution is -2.44. The van der Waals surface area contributed by atoms with E-state index in [1.165, 1.54) is 0 Å². The smallest absolute Gasteiger partial charge is 0.253 e. The fourth-order valence-electron chi connectivity index (χ4n) is 1.77. The Labute approximate surface area is 125 Å². The topological polar surface area (TPSA) is 84.2 Å². The largest absolute Gasteiger partial charge is 0.355 e. The Bertz CT molecular complexity index is 585. The molecule has 0 fully saturated rings. The molecule has 0 radical (unpaired) electrons. The molecule has 0 saturated carbocycles. The van der Waals surface area contributed by atoms with Gasteiger partial charge in [0.05, 0.1) is 12.1 Å². The molecule has 4 N–H and O–H groups in total. The van der Waals surface area contributed by atoms with Crippen molar-refractivity contribution in [3.05, 3.63) is 34.9 Å². The van der Waals surface area contributed by atoms with Crippen LogP contribution in [0.1, 0.15) is 35.3 Å². The van der Waals surface area contributed by atoms with Crippen LogP contribution < -0.4 is 16.4 Å². The van der Waals surface area contributed by atoms with Crippen LogP contribution in [0.15, 0.2) is 18.2 Å². The SMILES string of the molecule is CCNC(=O)C(C)NC(=O)c1cc(C)ccc1C#CCN. The normalized spacial score (nSPS) is 11.0. The summed E-state index contributed by atoms with van der Waals surface area (Å²) in [6.07, 6.45) is 0. The van der Waals surface area contributed by atoms with Crippen molar-refractivity contribution in [3.63, 3.8) is 0 Å². The van der Waals surface area contributed by atoms with E-state index in [2.05, 4.69) is 22.5 Å². The monoisotopic (exact) mass is 287 g/mol. The Morgan fingerprint density at radius 3 is 2.71 bits per heavy atom. The Balaban J connectivity index is 2.96. The van der Waals surface area contributed by atoms with Gasteiger partial charge in [-0.25, -0.2) is 0 Å². The molecule has 0 spiro atoms. The van der Waals surface area contributed by atoms with Crippen LogP contribution in [0, 0.1) is 18.8 Å². The molecule has 1 rings (SSSR count). The Morgan fingerprint density at radius 1 is 1.38 bits per heavy atom. The summed E-state index contributed by atoms with van der Waals surface area (Å²) in [4.78, 5) is 24.0. The van der Waals surface area contributed by atoms with Crippen molar-refractivity contribution in [2.24, 2.45) is 5.73 Å². The van der Waals surface area contributed by atoms with Gasteiger partial charge in [0.2, 0.25) is 5.91 Å². The van der Waals surface area contributed by atoms with E-state index >= 15 is 0 Å². The highest BCUT2D eigenvalue weighted by atomic mass is 16.2. The third-order valence-corrected chi connectivity index (χ3v) is 2.84. The second-order valence-electron chi connectivity index (χ2n) is 4.64. The van der Waals surface area contributed by atoms with Crippen LogP contribution in [0.4, 0.5) is 0 Å². The molecular weight excluding hydrogens is 266 g/mol. The third-order valence-electron chi connectivity index (χ3n) is 2.84. The lowest BCUT2D eigenvalue weighted by Gasteiger charge is -2.14. The minimum absolute atomic E-state index is 0.215. The van der Waals surface area contributed by atoms with Crippen LogP contribution in [0.2, 0.25) is 0 Å². The third kappa shape index (κ3) is 4.93. The van der Waals surface area contributed by atoms with E-state index in [1.807, 2.05) is 19.9 Å².